The Bertz CT molecular complexity index is 699. The quantitative estimate of drug-likeness (QED) is 0.700. The number of amides is 1. The van der Waals surface area contributed by atoms with Gasteiger partial charge in [0, 0.05) is 43.7 Å². The average Bonchev–Trinajstić information content (AvgIpc) is 2.59. The molecular formula is C18H28ClN3O3S. The van der Waals surface area contributed by atoms with Gasteiger partial charge in [0.05, 0.1) is 6.26 Å². The van der Waals surface area contributed by atoms with Crippen LogP contribution in [-0.4, -0.2) is 75.0 Å². The van der Waals surface area contributed by atoms with Crippen molar-refractivity contribution in [2.45, 2.75) is 19.4 Å². The lowest BCUT2D eigenvalue weighted by atomic mass is 9.96. The Kier molecular flexibility index (Phi) is 7.46. The van der Waals surface area contributed by atoms with Gasteiger partial charge in [0.15, 0.2) is 0 Å². The summed E-state index contributed by atoms with van der Waals surface area (Å²) < 4.78 is 24.8. The van der Waals surface area contributed by atoms with E-state index in [9.17, 15) is 13.2 Å². The third-order valence-electron chi connectivity index (χ3n) is 4.69. The second-order valence-electron chi connectivity index (χ2n) is 7.13. The van der Waals surface area contributed by atoms with Crippen LogP contribution in [0.25, 0.3) is 0 Å². The zero-order valence-corrected chi connectivity index (χ0v) is 17.3. The minimum Gasteiger partial charge on any atom is -0.337 e. The number of carbonyl (C=O) groups is 1. The molecule has 26 heavy (non-hydrogen) atoms. The molecular weight excluding hydrogens is 374 g/mol. The van der Waals surface area contributed by atoms with Gasteiger partial charge >= 0.3 is 0 Å². The van der Waals surface area contributed by atoms with Crippen molar-refractivity contribution in [3.8, 4) is 0 Å². The summed E-state index contributed by atoms with van der Waals surface area (Å²) in [5.41, 5.74) is 1.04. The highest BCUT2D eigenvalue weighted by molar-refractivity contribution is 7.88. The van der Waals surface area contributed by atoms with Crippen LogP contribution in [0, 0.1) is 5.92 Å². The lowest BCUT2D eigenvalue weighted by Gasteiger charge is -2.33. The summed E-state index contributed by atoms with van der Waals surface area (Å²) in [6, 6.07) is 7.53. The zero-order valence-electron chi connectivity index (χ0n) is 15.7. The van der Waals surface area contributed by atoms with Gasteiger partial charge in [0.1, 0.15) is 0 Å². The monoisotopic (exact) mass is 401 g/mol. The van der Waals surface area contributed by atoms with Crippen molar-refractivity contribution in [3.63, 3.8) is 0 Å². The topological polar surface area (TPSA) is 60.9 Å². The normalized spacial score (nSPS) is 16.8. The average molecular weight is 402 g/mol. The highest BCUT2D eigenvalue weighted by Crippen LogP contribution is 2.22. The third-order valence-corrected chi connectivity index (χ3v) is 6.24. The van der Waals surface area contributed by atoms with Crippen molar-refractivity contribution in [3.05, 3.63) is 34.9 Å². The van der Waals surface area contributed by atoms with Crippen molar-refractivity contribution in [1.29, 1.82) is 0 Å². The number of likely N-dealkylation sites (N-methyl/N-ethyl adjacent to an activating group) is 1. The first-order valence-electron chi connectivity index (χ1n) is 8.80. The number of hydrogen-bond donors (Lipinski definition) is 0. The van der Waals surface area contributed by atoms with Gasteiger partial charge in [-0.1, -0.05) is 23.7 Å². The largest absolute Gasteiger partial charge is 0.337 e. The third kappa shape index (κ3) is 6.23. The standard InChI is InChI=1S/C18H28ClN3O3S/c1-20(2)12-13-21(14-15-4-6-17(19)7-5-15)18(23)16-8-10-22(11-9-16)26(3,24)25/h4-7,16H,8-14H2,1-3H3. The van der Waals surface area contributed by atoms with Crippen LogP contribution < -0.4 is 0 Å². The highest BCUT2D eigenvalue weighted by atomic mass is 35.5. The van der Waals surface area contributed by atoms with Crippen LogP contribution in [0.4, 0.5) is 0 Å². The van der Waals surface area contributed by atoms with Crippen molar-refractivity contribution >= 4 is 27.5 Å². The summed E-state index contributed by atoms with van der Waals surface area (Å²) in [6.45, 7) is 2.79. The number of benzene rings is 1. The summed E-state index contributed by atoms with van der Waals surface area (Å²) in [6.07, 6.45) is 2.37. The minimum absolute atomic E-state index is 0.106. The SMILES string of the molecule is CN(C)CCN(Cc1ccc(Cl)cc1)C(=O)C1CCN(S(C)(=O)=O)CC1. The Morgan fingerprint density at radius 1 is 1.15 bits per heavy atom. The van der Waals surface area contributed by atoms with Gasteiger partial charge in [-0.15, -0.1) is 0 Å². The Labute approximate surface area is 161 Å². The maximum Gasteiger partial charge on any atom is 0.226 e. The lowest BCUT2D eigenvalue weighted by molar-refractivity contribution is -0.137. The molecule has 0 N–H and O–H groups in total. The molecule has 1 saturated heterocycles. The van der Waals surface area contributed by atoms with Crippen molar-refractivity contribution in [1.82, 2.24) is 14.1 Å². The van der Waals surface area contributed by atoms with E-state index < -0.39 is 10.0 Å². The predicted octanol–water partition coefficient (Wildman–Crippen LogP) is 1.90. The summed E-state index contributed by atoms with van der Waals surface area (Å²) in [7, 11) is 0.783. The maximum absolute atomic E-state index is 13.1. The predicted molar refractivity (Wildman–Crippen MR) is 105 cm³/mol. The second-order valence-corrected chi connectivity index (χ2v) is 9.54. The van der Waals surface area contributed by atoms with Gasteiger partial charge in [0.2, 0.25) is 15.9 Å². The molecule has 0 aromatic heterocycles. The minimum atomic E-state index is -3.18. The zero-order chi connectivity index (χ0) is 19.3. The van der Waals surface area contributed by atoms with Gasteiger partial charge < -0.3 is 9.80 Å². The van der Waals surface area contributed by atoms with E-state index in [1.165, 1.54) is 10.6 Å². The van der Waals surface area contributed by atoms with E-state index in [0.29, 0.717) is 44.0 Å². The van der Waals surface area contributed by atoms with E-state index in [4.69, 9.17) is 11.6 Å². The van der Waals surface area contributed by atoms with Crippen molar-refractivity contribution < 1.29 is 13.2 Å². The van der Waals surface area contributed by atoms with Crippen LogP contribution in [-0.2, 0) is 21.4 Å². The van der Waals surface area contributed by atoms with E-state index in [1.54, 1.807) is 0 Å². The first-order chi connectivity index (χ1) is 12.2. The van der Waals surface area contributed by atoms with Gasteiger partial charge in [-0.25, -0.2) is 12.7 Å². The summed E-state index contributed by atoms with van der Waals surface area (Å²) in [5.74, 6) is -0.0163. The molecule has 6 nitrogen and oxygen atoms in total. The Hall–Kier alpha value is -1.15. The highest BCUT2D eigenvalue weighted by Gasteiger charge is 2.31. The van der Waals surface area contributed by atoms with Crippen LogP contribution in [0.2, 0.25) is 5.02 Å². The van der Waals surface area contributed by atoms with E-state index in [0.717, 1.165) is 12.1 Å². The Morgan fingerprint density at radius 3 is 2.23 bits per heavy atom. The van der Waals surface area contributed by atoms with Crippen molar-refractivity contribution in [2.75, 3.05) is 46.5 Å². The second kappa shape index (κ2) is 9.17. The molecule has 1 heterocycles. The molecule has 1 aromatic rings. The Balaban J connectivity index is 2.04. The summed E-state index contributed by atoms with van der Waals surface area (Å²) >= 11 is 5.94. The van der Waals surface area contributed by atoms with Gasteiger partial charge in [-0.05, 0) is 44.6 Å². The van der Waals surface area contributed by atoms with E-state index in [2.05, 4.69) is 4.90 Å². The molecule has 146 valence electrons. The fraction of sp³-hybridized carbons (Fsp3) is 0.611. The first kappa shape index (κ1) is 21.2. The van der Waals surface area contributed by atoms with Crippen molar-refractivity contribution in [2.24, 2.45) is 5.92 Å². The van der Waals surface area contributed by atoms with Crippen LogP contribution in [0.5, 0.6) is 0 Å². The maximum atomic E-state index is 13.1. The molecule has 0 bridgehead atoms. The number of carbonyl (C=O) groups excluding carboxylic acids is 1. The smallest absolute Gasteiger partial charge is 0.226 e. The van der Waals surface area contributed by atoms with Gasteiger partial charge in [-0.2, -0.15) is 0 Å². The fourth-order valence-electron chi connectivity index (χ4n) is 3.09. The summed E-state index contributed by atoms with van der Waals surface area (Å²) in [4.78, 5) is 17.0. The number of rotatable bonds is 7. The fourth-order valence-corrected chi connectivity index (χ4v) is 4.09. The summed E-state index contributed by atoms with van der Waals surface area (Å²) in [5, 5.41) is 0.674. The molecule has 1 amide bonds. The van der Waals surface area contributed by atoms with E-state index >= 15 is 0 Å². The molecule has 0 radical (unpaired) electrons. The number of piperidine rings is 1. The number of halogens is 1. The molecule has 2 rings (SSSR count). The molecule has 1 aliphatic heterocycles. The van der Waals surface area contributed by atoms with Crippen LogP contribution in [0.15, 0.2) is 24.3 Å². The van der Waals surface area contributed by atoms with Gasteiger partial charge in [0.25, 0.3) is 0 Å². The Morgan fingerprint density at radius 2 is 1.73 bits per heavy atom. The van der Waals surface area contributed by atoms with E-state index in [-0.39, 0.29) is 11.8 Å². The van der Waals surface area contributed by atoms with Crippen LogP contribution >= 0.6 is 11.6 Å². The number of hydrogen-bond acceptors (Lipinski definition) is 4. The van der Waals surface area contributed by atoms with E-state index in [1.807, 2.05) is 43.3 Å². The molecule has 8 heteroatoms. The molecule has 0 aliphatic carbocycles. The molecule has 0 atom stereocenters. The molecule has 1 aromatic carbocycles. The van der Waals surface area contributed by atoms with Gasteiger partial charge in [-0.3, -0.25) is 4.79 Å². The number of sulfonamides is 1. The van der Waals surface area contributed by atoms with Crippen LogP contribution in [0.1, 0.15) is 18.4 Å². The number of nitrogens with zero attached hydrogens (tertiary/aromatic N) is 3. The molecule has 1 aliphatic rings. The lowest BCUT2D eigenvalue weighted by Crippen LogP contribution is -2.45. The van der Waals surface area contributed by atoms with Crippen LogP contribution in [0.3, 0.4) is 0 Å². The molecule has 1 fully saturated rings. The first-order valence-corrected chi connectivity index (χ1v) is 11.0. The molecule has 0 unspecified atom stereocenters. The molecule has 0 saturated carbocycles. The molecule has 0 spiro atoms.